The SMILES string of the molecule is C=CCn1nc(-c2ccccc2Br)nc1-c1cnc2sccn2c1=O. The Labute approximate surface area is 155 Å². The Morgan fingerprint density at radius 3 is 2.92 bits per heavy atom. The van der Waals surface area contributed by atoms with Crippen molar-refractivity contribution in [3.05, 3.63) is 69.5 Å². The average Bonchev–Trinajstić information content (AvgIpc) is 3.24. The predicted molar refractivity (Wildman–Crippen MR) is 102 cm³/mol. The molecule has 4 rings (SSSR count). The smallest absolute Gasteiger partial charge is 0.268 e. The lowest BCUT2D eigenvalue weighted by Gasteiger charge is -2.02. The molecular weight excluding hydrogens is 402 g/mol. The fourth-order valence-electron chi connectivity index (χ4n) is 2.53. The highest BCUT2D eigenvalue weighted by molar-refractivity contribution is 9.10. The molecule has 0 aliphatic rings. The molecule has 25 heavy (non-hydrogen) atoms. The maximum atomic E-state index is 12.8. The summed E-state index contributed by atoms with van der Waals surface area (Å²) in [5.41, 5.74) is 1.10. The molecule has 0 aliphatic carbocycles. The van der Waals surface area contributed by atoms with E-state index < -0.39 is 0 Å². The molecular formula is C17H12BrN5OS. The summed E-state index contributed by atoms with van der Waals surface area (Å²) < 4.78 is 4.07. The van der Waals surface area contributed by atoms with E-state index in [2.05, 4.69) is 37.6 Å². The molecule has 0 fully saturated rings. The Morgan fingerprint density at radius 2 is 2.12 bits per heavy atom. The van der Waals surface area contributed by atoms with E-state index in [0.717, 1.165) is 10.0 Å². The van der Waals surface area contributed by atoms with E-state index in [1.165, 1.54) is 15.7 Å². The molecule has 0 bridgehead atoms. The van der Waals surface area contributed by atoms with Crippen molar-refractivity contribution in [1.29, 1.82) is 0 Å². The zero-order valence-electron chi connectivity index (χ0n) is 13.0. The topological polar surface area (TPSA) is 65.1 Å². The minimum atomic E-state index is -0.164. The summed E-state index contributed by atoms with van der Waals surface area (Å²) in [5.74, 6) is 1.02. The maximum Gasteiger partial charge on any atom is 0.269 e. The van der Waals surface area contributed by atoms with Crippen molar-refractivity contribution in [3.63, 3.8) is 0 Å². The summed E-state index contributed by atoms with van der Waals surface area (Å²) in [7, 11) is 0. The normalized spacial score (nSPS) is 11.1. The first-order chi connectivity index (χ1) is 12.2. The number of hydrogen-bond donors (Lipinski definition) is 0. The minimum absolute atomic E-state index is 0.164. The molecule has 124 valence electrons. The number of nitrogens with zero attached hydrogens (tertiary/aromatic N) is 5. The number of hydrogen-bond acceptors (Lipinski definition) is 5. The van der Waals surface area contributed by atoms with Crippen molar-refractivity contribution in [1.82, 2.24) is 24.1 Å². The Hall–Kier alpha value is -2.58. The van der Waals surface area contributed by atoms with Gasteiger partial charge in [-0.25, -0.2) is 14.6 Å². The molecule has 0 saturated carbocycles. The molecule has 0 spiro atoms. The van der Waals surface area contributed by atoms with Crippen molar-refractivity contribution in [2.45, 2.75) is 6.54 Å². The molecule has 0 atom stereocenters. The third-order valence-electron chi connectivity index (χ3n) is 3.67. The van der Waals surface area contributed by atoms with Crippen LogP contribution >= 0.6 is 27.3 Å². The number of halogens is 1. The van der Waals surface area contributed by atoms with Gasteiger partial charge in [0.05, 0.1) is 6.54 Å². The second-order valence-corrected chi connectivity index (χ2v) is 6.97. The molecule has 0 saturated heterocycles. The number of rotatable bonds is 4. The Bertz CT molecular complexity index is 1140. The van der Waals surface area contributed by atoms with Crippen LogP contribution in [0.25, 0.3) is 27.7 Å². The summed E-state index contributed by atoms with van der Waals surface area (Å²) in [6, 6.07) is 7.70. The fraction of sp³-hybridized carbons (Fsp3) is 0.0588. The fourth-order valence-corrected chi connectivity index (χ4v) is 3.66. The number of aromatic nitrogens is 5. The summed E-state index contributed by atoms with van der Waals surface area (Å²) in [4.78, 5) is 22.4. The van der Waals surface area contributed by atoms with Gasteiger partial charge in [-0.05, 0) is 12.1 Å². The van der Waals surface area contributed by atoms with Crippen molar-refractivity contribution in [2.24, 2.45) is 0 Å². The molecule has 0 N–H and O–H groups in total. The third kappa shape index (κ3) is 2.73. The molecule has 3 aromatic heterocycles. The molecule has 1 aromatic carbocycles. The van der Waals surface area contributed by atoms with Gasteiger partial charge in [0.2, 0.25) is 0 Å². The van der Waals surface area contributed by atoms with Crippen LogP contribution in [0.15, 0.2) is 64.0 Å². The van der Waals surface area contributed by atoms with Crippen molar-refractivity contribution in [2.75, 3.05) is 0 Å². The van der Waals surface area contributed by atoms with E-state index in [1.54, 1.807) is 23.2 Å². The summed E-state index contributed by atoms with van der Waals surface area (Å²) in [6.07, 6.45) is 4.99. The van der Waals surface area contributed by atoms with Gasteiger partial charge in [0.25, 0.3) is 5.56 Å². The number of benzene rings is 1. The molecule has 0 unspecified atom stereocenters. The lowest BCUT2D eigenvalue weighted by molar-refractivity contribution is 0.710. The van der Waals surface area contributed by atoms with Crippen molar-refractivity contribution in [3.8, 4) is 22.8 Å². The molecule has 0 radical (unpaired) electrons. The second-order valence-electron chi connectivity index (χ2n) is 5.24. The van der Waals surface area contributed by atoms with Gasteiger partial charge in [0.1, 0.15) is 5.56 Å². The monoisotopic (exact) mass is 413 g/mol. The molecule has 4 aromatic rings. The largest absolute Gasteiger partial charge is 0.269 e. The van der Waals surface area contributed by atoms with E-state index in [0.29, 0.717) is 28.7 Å². The van der Waals surface area contributed by atoms with Gasteiger partial charge in [-0.3, -0.25) is 9.20 Å². The van der Waals surface area contributed by atoms with Crippen LogP contribution in [0, 0.1) is 0 Å². The summed E-state index contributed by atoms with van der Waals surface area (Å²) in [5, 5.41) is 6.38. The molecule has 0 aliphatic heterocycles. The van der Waals surface area contributed by atoms with Gasteiger partial charge in [-0.15, -0.1) is 17.9 Å². The standard InChI is InChI=1S/C17H12BrN5OS/c1-2-7-23-15(12-10-19-17-22(16(12)24)8-9-25-17)20-14(21-23)11-5-3-4-6-13(11)18/h2-6,8-10H,1,7H2. The molecule has 6 nitrogen and oxygen atoms in total. The van der Waals surface area contributed by atoms with Crippen LogP contribution < -0.4 is 5.56 Å². The van der Waals surface area contributed by atoms with Crippen LogP contribution in [-0.2, 0) is 6.54 Å². The first kappa shape index (κ1) is 15.9. The molecule has 0 amide bonds. The number of allylic oxidation sites excluding steroid dienone is 1. The minimum Gasteiger partial charge on any atom is -0.268 e. The zero-order chi connectivity index (χ0) is 17.4. The first-order valence-corrected chi connectivity index (χ1v) is 9.12. The quantitative estimate of drug-likeness (QED) is 0.479. The van der Waals surface area contributed by atoms with E-state index >= 15 is 0 Å². The van der Waals surface area contributed by atoms with Crippen molar-refractivity contribution >= 4 is 32.2 Å². The van der Waals surface area contributed by atoms with Crippen LogP contribution in [0.4, 0.5) is 0 Å². The Kier molecular flexibility index (Phi) is 4.06. The van der Waals surface area contributed by atoms with Gasteiger partial charge in [-0.2, -0.15) is 5.10 Å². The summed E-state index contributed by atoms with van der Waals surface area (Å²) >= 11 is 4.93. The van der Waals surface area contributed by atoms with Crippen LogP contribution in [0.5, 0.6) is 0 Å². The zero-order valence-corrected chi connectivity index (χ0v) is 15.4. The highest BCUT2D eigenvalue weighted by Gasteiger charge is 2.18. The second kappa shape index (κ2) is 6.38. The van der Waals surface area contributed by atoms with Crippen LogP contribution in [-0.4, -0.2) is 24.1 Å². The predicted octanol–water partition coefficient (Wildman–Crippen LogP) is 3.63. The van der Waals surface area contributed by atoms with Gasteiger partial charge in [0, 0.05) is 27.8 Å². The third-order valence-corrected chi connectivity index (χ3v) is 5.13. The van der Waals surface area contributed by atoms with Gasteiger partial charge < -0.3 is 0 Å². The molecule has 3 heterocycles. The van der Waals surface area contributed by atoms with Gasteiger partial charge in [-0.1, -0.05) is 34.1 Å². The van der Waals surface area contributed by atoms with E-state index in [9.17, 15) is 4.79 Å². The maximum absolute atomic E-state index is 12.8. The highest BCUT2D eigenvalue weighted by Crippen LogP contribution is 2.27. The first-order valence-electron chi connectivity index (χ1n) is 7.45. The van der Waals surface area contributed by atoms with Crippen LogP contribution in [0.1, 0.15) is 0 Å². The Morgan fingerprint density at radius 1 is 1.28 bits per heavy atom. The van der Waals surface area contributed by atoms with E-state index in [4.69, 9.17) is 0 Å². The highest BCUT2D eigenvalue weighted by atomic mass is 79.9. The van der Waals surface area contributed by atoms with E-state index in [-0.39, 0.29) is 5.56 Å². The lowest BCUT2D eigenvalue weighted by Crippen LogP contribution is -2.17. The number of fused-ring (bicyclic) bond motifs is 1. The Balaban J connectivity index is 1.94. The summed E-state index contributed by atoms with van der Waals surface area (Å²) in [6.45, 7) is 4.20. The van der Waals surface area contributed by atoms with Gasteiger partial charge in [0.15, 0.2) is 16.6 Å². The average molecular weight is 414 g/mol. The number of thiazole rings is 1. The van der Waals surface area contributed by atoms with Gasteiger partial charge >= 0.3 is 0 Å². The van der Waals surface area contributed by atoms with Crippen LogP contribution in [0.2, 0.25) is 0 Å². The lowest BCUT2D eigenvalue weighted by atomic mass is 10.2. The molecule has 8 heteroatoms. The van der Waals surface area contributed by atoms with E-state index in [1.807, 2.05) is 29.6 Å². The van der Waals surface area contributed by atoms with Crippen LogP contribution in [0.3, 0.4) is 0 Å². The van der Waals surface area contributed by atoms with Crippen molar-refractivity contribution < 1.29 is 0 Å².